The van der Waals surface area contributed by atoms with Crippen molar-refractivity contribution >= 4 is 28.3 Å². The Morgan fingerprint density at radius 3 is 2.85 bits per heavy atom. The van der Waals surface area contributed by atoms with Gasteiger partial charge in [0, 0.05) is 36.4 Å². The van der Waals surface area contributed by atoms with Gasteiger partial charge < -0.3 is 14.7 Å². The van der Waals surface area contributed by atoms with Gasteiger partial charge in [-0.1, -0.05) is 46.8 Å². The zero-order valence-corrected chi connectivity index (χ0v) is 14.9. The van der Waals surface area contributed by atoms with E-state index in [1.54, 1.807) is 11.0 Å². The van der Waals surface area contributed by atoms with Crippen molar-refractivity contribution in [3.8, 4) is 11.3 Å². The lowest BCUT2D eigenvalue weighted by atomic mass is 10.1. The van der Waals surface area contributed by atoms with Crippen LogP contribution in [0.15, 0.2) is 40.9 Å². The number of fused-ring (bicyclic) bond motifs is 1. The summed E-state index contributed by atoms with van der Waals surface area (Å²) >= 11 is 1.40. The second kappa shape index (κ2) is 6.72. The summed E-state index contributed by atoms with van der Waals surface area (Å²) in [7, 11) is 0. The van der Waals surface area contributed by atoms with Crippen molar-refractivity contribution in [2.45, 2.75) is 19.9 Å². The van der Waals surface area contributed by atoms with Crippen molar-refractivity contribution in [2.24, 2.45) is 0 Å². The van der Waals surface area contributed by atoms with Crippen molar-refractivity contribution in [2.75, 3.05) is 11.9 Å². The lowest BCUT2D eigenvalue weighted by molar-refractivity contribution is -0.114. The number of rotatable bonds is 3. The molecular formula is C18H16N4O3S. The fourth-order valence-corrected chi connectivity index (χ4v) is 3.92. The minimum Gasteiger partial charge on any atom is -0.355 e. The Morgan fingerprint density at radius 2 is 2.08 bits per heavy atom. The highest BCUT2D eigenvalue weighted by Gasteiger charge is 2.27. The van der Waals surface area contributed by atoms with Crippen LogP contribution in [0.25, 0.3) is 11.3 Å². The van der Waals surface area contributed by atoms with Crippen LogP contribution in [-0.2, 0) is 17.8 Å². The van der Waals surface area contributed by atoms with Gasteiger partial charge in [0.25, 0.3) is 5.91 Å². The van der Waals surface area contributed by atoms with E-state index in [0.717, 1.165) is 16.1 Å². The number of hydrogen-bond donors (Lipinski definition) is 1. The molecule has 0 fully saturated rings. The second-order valence-electron chi connectivity index (χ2n) is 5.99. The molecule has 0 saturated carbocycles. The molecule has 0 bridgehead atoms. The van der Waals surface area contributed by atoms with Crippen molar-refractivity contribution in [3.63, 3.8) is 0 Å². The van der Waals surface area contributed by atoms with E-state index in [1.807, 2.05) is 30.3 Å². The number of carbonyl (C=O) groups excluding carboxylic acids is 2. The maximum atomic E-state index is 12.8. The van der Waals surface area contributed by atoms with Crippen LogP contribution in [0.3, 0.4) is 0 Å². The number of hydrogen-bond acceptors (Lipinski definition) is 6. The number of amides is 2. The summed E-state index contributed by atoms with van der Waals surface area (Å²) in [6.45, 7) is 2.46. The first-order valence-electron chi connectivity index (χ1n) is 8.18. The average molecular weight is 368 g/mol. The Balaban J connectivity index is 1.50. The molecule has 0 radical (unpaired) electrons. The molecule has 1 aromatic carbocycles. The molecule has 0 aliphatic carbocycles. The molecule has 0 unspecified atom stereocenters. The van der Waals surface area contributed by atoms with Crippen LogP contribution in [0.5, 0.6) is 0 Å². The van der Waals surface area contributed by atoms with Gasteiger partial charge >= 0.3 is 0 Å². The third-order valence-corrected chi connectivity index (χ3v) is 5.09. The second-order valence-corrected chi connectivity index (χ2v) is 7.07. The first-order chi connectivity index (χ1) is 12.6. The largest absolute Gasteiger partial charge is 0.355 e. The molecule has 26 heavy (non-hydrogen) atoms. The highest BCUT2D eigenvalue weighted by atomic mass is 32.1. The van der Waals surface area contributed by atoms with Gasteiger partial charge in [0.1, 0.15) is 0 Å². The third-order valence-electron chi connectivity index (χ3n) is 4.09. The molecule has 3 heterocycles. The van der Waals surface area contributed by atoms with Crippen LogP contribution in [0.4, 0.5) is 5.13 Å². The molecular weight excluding hydrogens is 352 g/mol. The van der Waals surface area contributed by atoms with Crippen LogP contribution in [0.2, 0.25) is 0 Å². The van der Waals surface area contributed by atoms with E-state index < -0.39 is 0 Å². The van der Waals surface area contributed by atoms with Crippen LogP contribution in [-0.4, -0.2) is 33.4 Å². The smallest absolute Gasteiger partial charge is 0.276 e. The van der Waals surface area contributed by atoms with Gasteiger partial charge in [-0.2, -0.15) is 0 Å². The predicted octanol–water partition coefficient (Wildman–Crippen LogP) is 2.96. The van der Waals surface area contributed by atoms with Gasteiger partial charge in [-0.25, -0.2) is 4.98 Å². The highest BCUT2D eigenvalue weighted by Crippen LogP contribution is 2.29. The molecule has 0 atom stereocenters. The zero-order chi connectivity index (χ0) is 18.1. The van der Waals surface area contributed by atoms with E-state index in [9.17, 15) is 9.59 Å². The van der Waals surface area contributed by atoms with E-state index in [0.29, 0.717) is 36.1 Å². The Hall–Kier alpha value is -3.00. The minimum absolute atomic E-state index is 0.153. The van der Waals surface area contributed by atoms with Crippen LogP contribution < -0.4 is 5.32 Å². The summed E-state index contributed by atoms with van der Waals surface area (Å²) in [5.41, 5.74) is 2.11. The number of nitrogens with one attached hydrogen (secondary N) is 1. The van der Waals surface area contributed by atoms with Crippen LogP contribution in [0.1, 0.15) is 28.0 Å². The summed E-state index contributed by atoms with van der Waals surface area (Å²) in [6, 6.07) is 11.2. The number of nitrogens with zero attached hydrogens (tertiary/aromatic N) is 3. The summed E-state index contributed by atoms with van der Waals surface area (Å²) in [5, 5.41) is 7.20. The molecule has 1 aliphatic heterocycles. The Morgan fingerprint density at radius 1 is 1.27 bits per heavy atom. The Labute approximate surface area is 153 Å². The summed E-state index contributed by atoms with van der Waals surface area (Å²) < 4.78 is 5.33. The highest BCUT2D eigenvalue weighted by molar-refractivity contribution is 7.15. The van der Waals surface area contributed by atoms with Crippen molar-refractivity contribution in [1.29, 1.82) is 0 Å². The van der Waals surface area contributed by atoms with Crippen molar-refractivity contribution in [1.82, 2.24) is 15.0 Å². The number of carbonyl (C=O) groups is 2. The molecule has 4 rings (SSSR count). The normalized spacial score (nSPS) is 13.3. The van der Waals surface area contributed by atoms with E-state index in [1.165, 1.54) is 18.3 Å². The number of anilines is 1. The number of thiazole rings is 1. The standard InChI is InChI=1S/C18H16N4O3S/c1-11(23)19-18-20-13-7-8-22(10-16(13)26-18)17(24)14-9-15(25-21-14)12-5-3-2-4-6-12/h2-6,9H,7-8,10H2,1H3,(H,19,20,23). The SMILES string of the molecule is CC(=O)Nc1nc2c(s1)CN(C(=O)c1cc(-c3ccccc3)on1)CC2. The number of aromatic nitrogens is 2. The van der Waals surface area contributed by atoms with Gasteiger partial charge in [0.15, 0.2) is 16.6 Å². The molecule has 1 N–H and O–H groups in total. The molecule has 132 valence electrons. The van der Waals surface area contributed by atoms with E-state index in [2.05, 4.69) is 15.5 Å². The van der Waals surface area contributed by atoms with Gasteiger partial charge in [-0.15, -0.1) is 0 Å². The molecule has 3 aromatic rings. The van der Waals surface area contributed by atoms with E-state index in [-0.39, 0.29) is 11.8 Å². The van der Waals surface area contributed by atoms with Crippen molar-refractivity contribution in [3.05, 3.63) is 52.7 Å². The summed E-state index contributed by atoms with van der Waals surface area (Å²) in [4.78, 5) is 31.1. The first kappa shape index (κ1) is 16.5. The van der Waals surface area contributed by atoms with Gasteiger partial charge in [-0.05, 0) is 0 Å². The van der Waals surface area contributed by atoms with E-state index >= 15 is 0 Å². The molecule has 1 aliphatic rings. The average Bonchev–Trinajstić information content (AvgIpc) is 3.27. The summed E-state index contributed by atoms with van der Waals surface area (Å²) in [6.07, 6.45) is 0.653. The Bertz CT molecular complexity index is 964. The molecule has 8 heteroatoms. The van der Waals surface area contributed by atoms with Gasteiger partial charge in [0.05, 0.1) is 12.2 Å². The number of benzene rings is 1. The van der Waals surface area contributed by atoms with Crippen LogP contribution in [0, 0.1) is 0 Å². The molecule has 0 spiro atoms. The minimum atomic E-state index is -0.170. The predicted molar refractivity (Wildman–Crippen MR) is 96.8 cm³/mol. The lowest BCUT2D eigenvalue weighted by Gasteiger charge is -2.25. The van der Waals surface area contributed by atoms with Crippen molar-refractivity contribution < 1.29 is 14.1 Å². The molecule has 0 saturated heterocycles. The third kappa shape index (κ3) is 3.23. The summed E-state index contributed by atoms with van der Waals surface area (Å²) in [5.74, 6) is 0.244. The Kier molecular flexibility index (Phi) is 4.26. The zero-order valence-electron chi connectivity index (χ0n) is 14.1. The van der Waals surface area contributed by atoms with Crippen LogP contribution >= 0.6 is 11.3 Å². The lowest BCUT2D eigenvalue weighted by Crippen LogP contribution is -2.35. The first-order valence-corrected chi connectivity index (χ1v) is 8.99. The van der Waals surface area contributed by atoms with Gasteiger partial charge in [0.2, 0.25) is 5.91 Å². The quantitative estimate of drug-likeness (QED) is 0.768. The maximum Gasteiger partial charge on any atom is 0.276 e. The fourth-order valence-electron chi connectivity index (χ4n) is 2.85. The molecule has 7 nitrogen and oxygen atoms in total. The monoisotopic (exact) mass is 368 g/mol. The molecule has 2 aromatic heterocycles. The topological polar surface area (TPSA) is 88.3 Å². The fraction of sp³-hybridized carbons (Fsp3) is 0.222. The van der Waals surface area contributed by atoms with Gasteiger partial charge in [-0.3, -0.25) is 9.59 Å². The van der Waals surface area contributed by atoms with E-state index in [4.69, 9.17) is 4.52 Å². The molecule has 2 amide bonds. The maximum absolute atomic E-state index is 12.8.